The van der Waals surface area contributed by atoms with Crippen LogP contribution in [0.1, 0.15) is 76.2 Å². The van der Waals surface area contributed by atoms with Crippen molar-refractivity contribution in [3.8, 4) is 6.07 Å². The van der Waals surface area contributed by atoms with E-state index >= 15 is 0 Å². The molecular weight excluding hydrogens is 402 g/mol. The topological polar surface area (TPSA) is 102 Å². The minimum Gasteiger partial charge on any atom is -0.392 e. The van der Waals surface area contributed by atoms with Gasteiger partial charge in [-0.15, -0.1) is 0 Å². The van der Waals surface area contributed by atoms with E-state index in [0.29, 0.717) is 11.1 Å². The van der Waals surface area contributed by atoms with Crippen molar-refractivity contribution in [2.45, 2.75) is 78.5 Å². The first-order valence-electron chi connectivity index (χ1n) is 11.9. The normalized spacial score (nSPS) is 33.0. The lowest BCUT2D eigenvalue weighted by Crippen LogP contribution is -2.58. The number of fused-ring (bicyclic) bond motifs is 1. The summed E-state index contributed by atoms with van der Waals surface area (Å²) in [5, 5.41) is 26.6. The number of hydrogen-bond donors (Lipinski definition) is 3. The zero-order valence-corrected chi connectivity index (χ0v) is 19.9. The standard InChI is InChI=1S/C26H37N3O3/c1-15(2)28-24(31)16(3)20-10-12-26(5)13-11-21(17(4)22(26)23(20)30)29-25(32)19-8-6-18(14-27)7-9-19/h6-9,15-17,20-23,30H,10-13H2,1-5H3,(H,28,31)(H,29,32)/t16-,17+,20-,21-,22+,23-,26-/m0/s1. The number of nitriles is 1. The van der Waals surface area contributed by atoms with Gasteiger partial charge in [0.05, 0.1) is 17.7 Å². The van der Waals surface area contributed by atoms with E-state index in [0.717, 1.165) is 25.7 Å². The van der Waals surface area contributed by atoms with E-state index in [1.54, 1.807) is 24.3 Å². The molecule has 174 valence electrons. The Hall–Kier alpha value is -2.39. The summed E-state index contributed by atoms with van der Waals surface area (Å²) in [7, 11) is 0. The molecule has 1 aromatic rings. The predicted molar refractivity (Wildman–Crippen MR) is 124 cm³/mol. The van der Waals surface area contributed by atoms with Crippen molar-refractivity contribution in [2.24, 2.45) is 29.1 Å². The molecule has 3 rings (SSSR count). The molecule has 0 unspecified atom stereocenters. The molecular formula is C26H37N3O3. The van der Waals surface area contributed by atoms with E-state index in [1.165, 1.54) is 0 Å². The molecule has 6 nitrogen and oxygen atoms in total. The van der Waals surface area contributed by atoms with E-state index in [2.05, 4.69) is 30.6 Å². The number of carbonyl (C=O) groups excluding carboxylic acids is 2. The number of nitrogens with zero attached hydrogens (tertiary/aromatic N) is 1. The minimum absolute atomic E-state index is 0.00165. The fourth-order valence-corrected chi connectivity index (χ4v) is 6.06. The third-order valence-electron chi connectivity index (χ3n) is 7.97. The maximum atomic E-state index is 12.8. The van der Waals surface area contributed by atoms with Crippen LogP contribution in [0.5, 0.6) is 0 Å². The quantitative estimate of drug-likeness (QED) is 0.652. The molecule has 1 aromatic carbocycles. The van der Waals surface area contributed by atoms with Crippen LogP contribution >= 0.6 is 0 Å². The van der Waals surface area contributed by atoms with Crippen molar-refractivity contribution in [1.29, 1.82) is 5.26 Å². The van der Waals surface area contributed by atoms with Crippen LogP contribution in [-0.2, 0) is 4.79 Å². The Bertz CT molecular complexity index is 875. The first kappa shape index (κ1) is 24.3. The molecule has 6 heteroatoms. The molecule has 3 N–H and O–H groups in total. The highest BCUT2D eigenvalue weighted by Gasteiger charge is 2.53. The van der Waals surface area contributed by atoms with Gasteiger partial charge >= 0.3 is 0 Å². The summed E-state index contributed by atoms with van der Waals surface area (Å²) in [5.74, 6) is -0.368. The predicted octanol–water partition coefficient (Wildman–Crippen LogP) is 3.64. The van der Waals surface area contributed by atoms with E-state index in [9.17, 15) is 14.7 Å². The Morgan fingerprint density at radius 2 is 1.78 bits per heavy atom. The highest BCUT2D eigenvalue weighted by Crippen LogP contribution is 2.55. The molecule has 2 saturated carbocycles. The number of hydrogen-bond acceptors (Lipinski definition) is 4. The molecule has 0 aliphatic heterocycles. The fraction of sp³-hybridized carbons (Fsp3) is 0.654. The van der Waals surface area contributed by atoms with Crippen molar-refractivity contribution in [1.82, 2.24) is 10.6 Å². The molecule has 0 aromatic heterocycles. The average molecular weight is 440 g/mol. The Kier molecular flexibility index (Phi) is 7.29. The van der Waals surface area contributed by atoms with Crippen LogP contribution in [0.25, 0.3) is 0 Å². The smallest absolute Gasteiger partial charge is 0.251 e. The summed E-state index contributed by atoms with van der Waals surface area (Å²) in [4.78, 5) is 25.5. The molecule has 0 saturated heterocycles. The van der Waals surface area contributed by atoms with E-state index in [-0.39, 0.29) is 53.0 Å². The monoisotopic (exact) mass is 439 g/mol. The van der Waals surface area contributed by atoms with Crippen molar-refractivity contribution < 1.29 is 14.7 Å². The molecule has 0 bridgehead atoms. The molecule has 0 heterocycles. The van der Waals surface area contributed by atoms with Crippen LogP contribution in [0.15, 0.2) is 24.3 Å². The lowest BCUT2D eigenvalue weighted by molar-refractivity contribution is -0.142. The SMILES string of the molecule is CC(C)NC(=O)[C@@H](C)[C@@H]1CC[C@@]2(C)CC[C@H](NC(=O)c3ccc(C#N)cc3)[C@@H](C)[C@@H]2[C@H]1O. The number of benzene rings is 1. The summed E-state index contributed by atoms with van der Waals surface area (Å²) in [6.07, 6.45) is 3.06. The minimum atomic E-state index is -0.578. The van der Waals surface area contributed by atoms with Gasteiger partial charge < -0.3 is 15.7 Å². The first-order chi connectivity index (χ1) is 15.1. The molecule has 2 aliphatic carbocycles. The van der Waals surface area contributed by atoms with Crippen molar-refractivity contribution in [3.63, 3.8) is 0 Å². The van der Waals surface area contributed by atoms with Crippen molar-refractivity contribution in [3.05, 3.63) is 35.4 Å². The largest absolute Gasteiger partial charge is 0.392 e. The average Bonchev–Trinajstić information content (AvgIpc) is 2.75. The second kappa shape index (κ2) is 9.62. The van der Waals surface area contributed by atoms with Gasteiger partial charge in [0.2, 0.25) is 5.91 Å². The molecule has 0 spiro atoms. The van der Waals surface area contributed by atoms with Crippen LogP contribution in [0.2, 0.25) is 0 Å². The molecule has 32 heavy (non-hydrogen) atoms. The summed E-state index contributed by atoms with van der Waals surface area (Å²) in [6.45, 7) is 10.2. The van der Waals surface area contributed by atoms with E-state index in [4.69, 9.17) is 5.26 Å². The van der Waals surface area contributed by atoms with Gasteiger partial charge in [-0.3, -0.25) is 9.59 Å². The Morgan fingerprint density at radius 1 is 1.16 bits per heavy atom. The van der Waals surface area contributed by atoms with Gasteiger partial charge in [-0.25, -0.2) is 0 Å². The van der Waals surface area contributed by atoms with Crippen LogP contribution in [-0.4, -0.2) is 35.1 Å². The van der Waals surface area contributed by atoms with Crippen LogP contribution < -0.4 is 10.6 Å². The number of carbonyl (C=O) groups is 2. The number of amides is 2. The lowest BCUT2D eigenvalue weighted by Gasteiger charge is -2.56. The third kappa shape index (κ3) is 4.83. The van der Waals surface area contributed by atoms with E-state index in [1.807, 2.05) is 20.8 Å². The molecule has 2 aliphatic rings. The van der Waals surface area contributed by atoms with Crippen molar-refractivity contribution >= 4 is 11.8 Å². The fourth-order valence-electron chi connectivity index (χ4n) is 6.06. The highest BCUT2D eigenvalue weighted by molar-refractivity contribution is 5.94. The maximum Gasteiger partial charge on any atom is 0.251 e. The maximum absolute atomic E-state index is 12.8. The number of aliphatic hydroxyl groups is 1. The zero-order chi connectivity index (χ0) is 23.6. The third-order valence-corrected chi connectivity index (χ3v) is 7.97. The van der Waals surface area contributed by atoms with Gasteiger partial charge in [-0.05, 0) is 87.0 Å². The first-order valence-corrected chi connectivity index (χ1v) is 11.9. The summed E-state index contributed by atoms with van der Waals surface area (Å²) in [5.41, 5.74) is 1.07. The molecule has 2 amide bonds. The molecule has 7 atom stereocenters. The lowest BCUT2D eigenvalue weighted by atomic mass is 9.51. The highest BCUT2D eigenvalue weighted by atomic mass is 16.3. The second-order valence-corrected chi connectivity index (χ2v) is 10.5. The Labute approximate surface area is 191 Å². The van der Waals surface area contributed by atoms with E-state index < -0.39 is 6.10 Å². The van der Waals surface area contributed by atoms with Crippen molar-refractivity contribution in [2.75, 3.05) is 0 Å². The van der Waals surface area contributed by atoms with Gasteiger partial charge in [0.15, 0.2) is 0 Å². The number of rotatable bonds is 5. The molecule has 2 fully saturated rings. The van der Waals surface area contributed by atoms with Gasteiger partial charge in [-0.1, -0.05) is 20.8 Å². The number of aliphatic hydroxyl groups excluding tert-OH is 1. The van der Waals surface area contributed by atoms with Gasteiger partial charge in [0.25, 0.3) is 5.91 Å². The second-order valence-electron chi connectivity index (χ2n) is 10.5. The van der Waals surface area contributed by atoms with Gasteiger partial charge in [-0.2, -0.15) is 5.26 Å². The Balaban J connectivity index is 1.73. The van der Waals surface area contributed by atoms with Crippen LogP contribution in [0, 0.1) is 40.4 Å². The van der Waals surface area contributed by atoms with Gasteiger partial charge in [0.1, 0.15) is 0 Å². The summed E-state index contributed by atoms with van der Waals surface area (Å²) >= 11 is 0. The Morgan fingerprint density at radius 3 is 2.38 bits per heavy atom. The summed E-state index contributed by atoms with van der Waals surface area (Å²) < 4.78 is 0. The van der Waals surface area contributed by atoms with Crippen LogP contribution in [0.4, 0.5) is 0 Å². The van der Waals surface area contributed by atoms with Gasteiger partial charge in [0, 0.05) is 23.6 Å². The molecule has 0 radical (unpaired) electrons. The van der Waals surface area contributed by atoms with Crippen LogP contribution in [0.3, 0.4) is 0 Å². The zero-order valence-electron chi connectivity index (χ0n) is 19.9. The number of nitrogens with one attached hydrogen (secondary N) is 2. The summed E-state index contributed by atoms with van der Waals surface area (Å²) in [6, 6.07) is 8.74.